The van der Waals surface area contributed by atoms with Crippen LogP contribution < -0.4 is 4.74 Å². The van der Waals surface area contributed by atoms with E-state index in [-0.39, 0.29) is 5.91 Å². The fourth-order valence-electron chi connectivity index (χ4n) is 3.06. The largest absolute Gasteiger partial charge is 0.489 e. The lowest BCUT2D eigenvalue weighted by Gasteiger charge is -2.14. The van der Waals surface area contributed by atoms with Gasteiger partial charge in [0.1, 0.15) is 12.4 Å². The van der Waals surface area contributed by atoms with Crippen molar-refractivity contribution in [3.63, 3.8) is 0 Å². The summed E-state index contributed by atoms with van der Waals surface area (Å²) in [5.74, 6) is 0.806. The Hall–Kier alpha value is -2.24. The van der Waals surface area contributed by atoms with Crippen LogP contribution in [0.25, 0.3) is 6.08 Å². The highest BCUT2D eigenvalue weighted by Gasteiger charge is 2.32. The van der Waals surface area contributed by atoms with Crippen molar-refractivity contribution in [2.24, 2.45) is 4.99 Å². The normalized spacial score (nSPS) is 16.5. The molecule has 1 saturated heterocycles. The summed E-state index contributed by atoms with van der Waals surface area (Å²) >= 11 is 7.41. The van der Waals surface area contributed by atoms with Crippen LogP contribution in [0.3, 0.4) is 0 Å². The van der Waals surface area contributed by atoms with Gasteiger partial charge in [-0.15, -0.1) is 0 Å². The first-order chi connectivity index (χ1) is 15.1. The zero-order chi connectivity index (χ0) is 22.1. The monoisotopic (exact) mass is 456 g/mol. The van der Waals surface area contributed by atoms with E-state index >= 15 is 0 Å². The standard InChI is InChI=1S/C25H29ClN2O2S/c1-3-5-14-27-25-28(15-6-4-2)24(29)23(31-25)17-20-8-7-9-22(16-20)30-18-19-10-12-21(26)13-11-19/h7-13,16-17H,3-6,14-15,18H2,1-2H3/b23-17-,27-25?. The fourth-order valence-corrected chi connectivity index (χ4v) is 4.22. The number of amidine groups is 1. The number of benzene rings is 2. The van der Waals surface area contributed by atoms with Gasteiger partial charge < -0.3 is 4.74 Å². The molecule has 1 aliphatic heterocycles. The van der Waals surface area contributed by atoms with Crippen LogP contribution in [0.1, 0.15) is 50.7 Å². The molecule has 1 amide bonds. The number of carbonyl (C=O) groups excluding carboxylic acids is 1. The summed E-state index contributed by atoms with van der Waals surface area (Å²) in [4.78, 5) is 20.2. The van der Waals surface area contributed by atoms with E-state index in [2.05, 4.69) is 18.8 Å². The smallest absolute Gasteiger partial charge is 0.266 e. The molecule has 164 valence electrons. The number of halogens is 1. The van der Waals surface area contributed by atoms with Crippen molar-refractivity contribution in [1.29, 1.82) is 0 Å². The quantitative estimate of drug-likeness (QED) is 0.292. The molecule has 0 aromatic heterocycles. The SMILES string of the molecule is CCCCN=C1S/C(=C\c2cccc(OCc3ccc(Cl)cc3)c2)C(=O)N1CCCC. The molecular formula is C25H29ClN2O2S. The summed E-state index contributed by atoms with van der Waals surface area (Å²) in [5, 5.41) is 1.54. The second-order valence-electron chi connectivity index (χ2n) is 7.43. The van der Waals surface area contributed by atoms with E-state index in [9.17, 15) is 4.79 Å². The van der Waals surface area contributed by atoms with Crippen LogP contribution in [0.15, 0.2) is 58.4 Å². The molecule has 0 atom stereocenters. The maximum Gasteiger partial charge on any atom is 0.266 e. The van der Waals surface area contributed by atoms with Gasteiger partial charge in [-0.1, -0.05) is 62.6 Å². The Morgan fingerprint density at radius 3 is 2.61 bits per heavy atom. The van der Waals surface area contributed by atoms with Crippen LogP contribution in [0.5, 0.6) is 5.75 Å². The second-order valence-corrected chi connectivity index (χ2v) is 8.87. The fraction of sp³-hybridized carbons (Fsp3) is 0.360. The third-order valence-corrected chi connectivity index (χ3v) is 6.15. The molecule has 2 aromatic carbocycles. The Labute approximate surface area is 194 Å². The minimum atomic E-state index is 0.0428. The molecule has 31 heavy (non-hydrogen) atoms. The van der Waals surface area contributed by atoms with Gasteiger partial charge in [-0.25, -0.2) is 0 Å². The number of hydrogen-bond acceptors (Lipinski definition) is 4. The zero-order valence-corrected chi connectivity index (χ0v) is 19.7. The molecule has 0 unspecified atom stereocenters. The van der Waals surface area contributed by atoms with Crippen LogP contribution in [0.4, 0.5) is 0 Å². The third kappa shape index (κ3) is 6.88. The van der Waals surface area contributed by atoms with Gasteiger partial charge in [0.2, 0.25) is 0 Å². The molecule has 1 aliphatic rings. The molecule has 1 heterocycles. The first-order valence-electron chi connectivity index (χ1n) is 10.8. The molecule has 0 N–H and O–H groups in total. The van der Waals surface area contributed by atoms with Crippen molar-refractivity contribution in [2.75, 3.05) is 13.1 Å². The van der Waals surface area contributed by atoms with Crippen LogP contribution >= 0.6 is 23.4 Å². The molecule has 0 bridgehead atoms. The molecule has 0 saturated carbocycles. The van der Waals surface area contributed by atoms with Gasteiger partial charge in [0.05, 0.1) is 4.91 Å². The molecule has 2 aromatic rings. The van der Waals surface area contributed by atoms with Crippen molar-refractivity contribution in [1.82, 2.24) is 4.90 Å². The number of nitrogens with zero attached hydrogens (tertiary/aromatic N) is 2. The number of rotatable bonds is 10. The van der Waals surface area contributed by atoms with Crippen LogP contribution in [0, 0.1) is 0 Å². The maximum absolute atomic E-state index is 13.0. The van der Waals surface area contributed by atoms with Crippen LogP contribution in [-0.2, 0) is 11.4 Å². The summed E-state index contributed by atoms with van der Waals surface area (Å²) in [6.45, 7) is 6.22. The van der Waals surface area contributed by atoms with E-state index in [0.29, 0.717) is 16.5 Å². The van der Waals surface area contributed by atoms with Gasteiger partial charge in [0.15, 0.2) is 5.17 Å². The van der Waals surface area contributed by atoms with Crippen molar-refractivity contribution in [3.05, 3.63) is 69.6 Å². The predicted molar refractivity (Wildman–Crippen MR) is 132 cm³/mol. The lowest BCUT2D eigenvalue weighted by atomic mass is 10.2. The average Bonchev–Trinajstić information content (AvgIpc) is 3.06. The van der Waals surface area contributed by atoms with Crippen molar-refractivity contribution in [3.8, 4) is 5.75 Å². The van der Waals surface area contributed by atoms with Gasteiger partial charge in [0.25, 0.3) is 5.91 Å². The number of hydrogen-bond donors (Lipinski definition) is 0. The zero-order valence-electron chi connectivity index (χ0n) is 18.1. The number of amides is 1. The summed E-state index contributed by atoms with van der Waals surface area (Å²) < 4.78 is 5.93. The topological polar surface area (TPSA) is 41.9 Å². The second kappa shape index (κ2) is 12.0. The summed E-state index contributed by atoms with van der Waals surface area (Å²) in [7, 11) is 0. The van der Waals surface area contributed by atoms with E-state index in [1.54, 1.807) is 0 Å². The van der Waals surface area contributed by atoms with Gasteiger partial charge in [-0.3, -0.25) is 14.7 Å². The molecular weight excluding hydrogens is 428 g/mol. The van der Waals surface area contributed by atoms with Gasteiger partial charge in [-0.2, -0.15) is 0 Å². The van der Waals surface area contributed by atoms with Gasteiger partial charge in [0, 0.05) is 18.1 Å². The lowest BCUT2D eigenvalue weighted by Crippen LogP contribution is -2.30. The van der Waals surface area contributed by atoms with E-state index in [1.165, 1.54) is 11.8 Å². The highest BCUT2D eigenvalue weighted by Crippen LogP contribution is 2.33. The van der Waals surface area contributed by atoms with Gasteiger partial charge >= 0.3 is 0 Å². The average molecular weight is 457 g/mol. The van der Waals surface area contributed by atoms with Gasteiger partial charge in [-0.05, 0) is 66.1 Å². The number of unbranched alkanes of at least 4 members (excludes halogenated alkanes) is 2. The first kappa shape index (κ1) is 23.4. The predicted octanol–water partition coefficient (Wildman–Crippen LogP) is 6.79. The van der Waals surface area contributed by atoms with E-state index < -0.39 is 0 Å². The Bertz CT molecular complexity index is 941. The Morgan fingerprint density at radius 2 is 1.87 bits per heavy atom. The van der Waals surface area contributed by atoms with E-state index in [0.717, 1.165) is 60.8 Å². The molecule has 4 nitrogen and oxygen atoms in total. The van der Waals surface area contributed by atoms with Crippen molar-refractivity contribution < 1.29 is 9.53 Å². The molecule has 0 radical (unpaired) electrons. The van der Waals surface area contributed by atoms with E-state index in [4.69, 9.17) is 16.3 Å². The molecule has 0 spiro atoms. The summed E-state index contributed by atoms with van der Waals surface area (Å²) in [6, 6.07) is 15.4. The number of carbonyl (C=O) groups is 1. The number of thioether (sulfide) groups is 1. The maximum atomic E-state index is 13.0. The van der Waals surface area contributed by atoms with Crippen LogP contribution in [0.2, 0.25) is 5.02 Å². The first-order valence-corrected chi connectivity index (χ1v) is 12.0. The molecule has 6 heteroatoms. The lowest BCUT2D eigenvalue weighted by molar-refractivity contribution is -0.122. The minimum Gasteiger partial charge on any atom is -0.489 e. The Morgan fingerprint density at radius 1 is 1.10 bits per heavy atom. The minimum absolute atomic E-state index is 0.0428. The molecule has 3 rings (SSSR count). The highest BCUT2D eigenvalue weighted by atomic mass is 35.5. The third-order valence-electron chi connectivity index (χ3n) is 4.86. The number of aliphatic imine (C=N–C) groups is 1. The molecule has 1 fully saturated rings. The summed E-state index contributed by atoms with van der Waals surface area (Å²) in [6.07, 6.45) is 6.08. The molecule has 0 aliphatic carbocycles. The summed E-state index contributed by atoms with van der Waals surface area (Å²) in [5.41, 5.74) is 1.99. The van der Waals surface area contributed by atoms with E-state index in [1.807, 2.05) is 59.5 Å². The Kier molecular flexibility index (Phi) is 9.04. The van der Waals surface area contributed by atoms with Crippen molar-refractivity contribution >= 4 is 40.5 Å². The Balaban J connectivity index is 1.72. The van der Waals surface area contributed by atoms with Crippen LogP contribution in [-0.4, -0.2) is 29.1 Å². The number of ether oxygens (including phenoxy) is 1. The highest BCUT2D eigenvalue weighted by molar-refractivity contribution is 8.18. The van der Waals surface area contributed by atoms with Crippen molar-refractivity contribution in [2.45, 2.75) is 46.1 Å².